The summed E-state index contributed by atoms with van der Waals surface area (Å²) in [6, 6.07) is 8.89. The van der Waals surface area contributed by atoms with Crippen LogP contribution in [0.5, 0.6) is 0 Å². The lowest BCUT2D eigenvalue weighted by Gasteiger charge is -1.98. The third-order valence-corrected chi connectivity index (χ3v) is 3.79. The summed E-state index contributed by atoms with van der Waals surface area (Å²) in [4.78, 5) is 1.41. The maximum atomic E-state index is 2.44. The van der Waals surface area contributed by atoms with Crippen LogP contribution in [0, 0.1) is 6.92 Å². The monoisotopic (exact) mass is 302 g/mol. The van der Waals surface area contributed by atoms with Gasteiger partial charge < -0.3 is 0 Å². The van der Waals surface area contributed by atoms with Crippen molar-refractivity contribution < 1.29 is 0 Å². The van der Waals surface area contributed by atoms with Gasteiger partial charge in [0.25, 0.3) is 0 Å². The molecular weight excluding hydrogens is 291 g/mol. The molecular formula is C11H11IS. The summed E-state index contributed by atoms with van der Waals surface area (Å²) in [5.41, 5.74) is 1.50. The first-order valence-corrected chi connectivity index (χ1v) is 6.69. The fourth-order valence-corrected chi connectivity index (χ4v) is 3.19. The van der Waals surface area contributed by atoms with E-state index in [9.17, 15) is 0 Å². The summed E-state index contributed by atoms with van der Waals surface area (Å²) >= 11 is 4.35. The van der Waals surface area contributed by atoms with Gasteiger partial charge in [-0.25, -0.2) is 0 Å². The fraction of sp³-hybridized carbons (Fsp3) is 0.273. The molecule has 0 fully saturated rings. The van der Waals surface area contributed by atoms with Crippen molar-refractivity contribution in [2.24, 2.45) is 0 Å². The van der Waals surface area contributed by atoms with Crippen LogP contribution < -0.4 is 0 Å². The predicted molar refractivity (Wildman–Crippen MR) is 69.2 cm³/mol. The molecule has 0 unspecified atom stereocenters. The van der Waals surface area contributed by atoms with Crippen molar-refractivity contribution in [1.29, 1.82) is 0 Å². The van der Waals surface area contributed by atoms with Gasteiger partial charge in [0.1, 0.15) is 0 Å². The Bertz CT molecular complexity index is 417. The Balaban J connectivity index is 2.60. The number of hydrogen-bond acceptors (Lipinski definition) is 1. The van der Waals surface area contributed by atoms with Crippen LogP contribution in [0.2, 0.25) is 0 Å². The molecule has 1 aromatic heterocycles. The molecule has 0 radical (unpaired) electrons. The highest BCUT2D eigenvalue weighted by Gasteiger charge is 2.02. The SMILES string of the molecule is Cc1cc2cccc(CCI)c2s1. The predicted octanol–water partition coefficient (Wildman–Crippen LogP) is 4.19. The number of rotatable bonds is 2. The Morgan fingerprint density at radius 1 is 1.38 bits per heavy atom. The van der Waals surface area contributed by atoms with Gasteiger partial charge in [-0.1, -0.05) is 40.8 Å². The molecule has 0 aliphatic carbocycles. The number of hydrogen-bond donors (Lipinski definition) is 0. The number of thiophene rings is 1. The quantitative estimate of drug-likeness (QED) is 0.576. The maximum absolute atomic E-state index is 2.44. The Labute approximate surface area is 96.1 Å². The van der Waals surface area contributed by atoms with Gasteiger partial charge in [0, 0.05) is 14.0 Å². The molecule has 13 heavy (non-hydrogen) atoms. The molecule has 0 spiro atoms. The number of alkyl halides is 1. The van der Waals surface area contributed by atoms with E-state index in [4.69, 9.17) is 0 Å². The number of halogens is 1. The standard InChI is InChI=1S/C11H11IS/c1-8-7-10-4-2-3-9(5-6-12)11(10)13-8/h2-4,7H,5-6H2,1H3. The van der Waals surface area contributed by atoms with E-state index in [-0.39, 0.29) is 0 Å². The van der Waals surface area contributed by atoms with E-state index in [0.29, 0.717) is 0 Å². The van der Waals surface area contributed by atoms with E-state index in [1.165, 1.54) is 31.4 Å². The van der Waals surface area contributed by atoms with Crippen LogP contribution in [0.4, 0.5) is 0 Å². The molecule has 68 valence electrons. The third kappa shape index (κ3) is 1.89. The minimum atomic E-state index is 1.19. The van der Waals surface area contributed by atoms with Crippen LogP contribution in [0.25, 0.3) is 10.1 Å². The van der Waals surface area contributed by atoms with E-state index in [0.717, 1.165) is 0 Å². The third-order valence-electron chi connectivity index (χ3n) is 2.11. The van der Waals surface area contributed by atoms with Gasteiger partial charge in [0.2, 0.25) is 0 Å². The number of fused-ring (bicyclic) bond motifs is 1. The molecule has 0 nitrogen and oxygen atoms in total. The first-order valence-electron chi connectivity index (χ1n) is 4.35. The highest BCUT2D eigenvalue weighted by atomic mass is 127. The molecule has 0 amide bonds. The van der Waals surface area contributed by atoms with Crippen LogP contribution >= 0.6 is 33.9 Å². The minimum absolute atomic E-state index is 1.19. The van der Waals surface area contributed by atoms with Gasteiger partial charge in [-0.05, 0) is 30.4 Å². The summed E-state index contributed by atoms with van der Waals surface area (Å²) in [5, 5.41) is 1.41. The van der Waals surface area contributed by atoms with Crippen molar-refractivity contribution in [3.05, 3.63) is 34.7 Å². The van der Waals surface area contributed by atoms with E-state index in [1.54, 1.807) is 0 Å². The molecule has 2 rings (SSSR count). The summed E-state index contributed by atoms with van der Waals surface area (Å²) in [5.74, 6) is 0. The van der Waals surface area contributed by atoms with Crippen LogP contribution in [0.1, 0.15) is 10.4 Å². The first-order chi connectivity index (χ1) is 6.31. The summed E-state index contributed by atoms with van der Waals surface area (Å²) < 4.78 is 2.69. The zero-order valence-electron chi connectivity index (χ0n) is 7.51. The Morgan fingerprint density at radius 3 is 3.00 bits per heavy atom. The molecule has 0 bridgehead atoms. The maximum Gasteiger partial charge on any atom is 0.0377 e. The molecule has 0 atom stereocenters. The zero-order valence-corrected chi connectivity index (χ0v) is 10.5. The van der Waals surface area contributed by atoms with Gasteiger partial charge in [0.05, 0.1) is 0 Å². The topological polar surface area (TPSA) is 0 Å². The van der Waals surface area contributed by atoms with Crippen molar-refractivity contribution in [2.45, 2.75) is 13.3 Å². The second-order valence-corrected chi connectivity index (χ2v) is 5.47. The van der Waals surface area contributed by atoms with Crippen LogP contribution in [0.15, 0.2) is 24.3 Å². The number of aryl methyl sites for hydroxylation is 2. The molecule has 1 heterocycles. The molecule has 0 aliphatic heterocycles. The van der Waals surface area contributed by atoms with Gasteiger partial charge in [-0.15, -0.1) is 11.3 Å². The Hall–Kier alpha value is -0.0900. The smallest absolute Gasteiger partial charge is 0.0377 e. The second-order valence-electron chi connectivity index (χ2n) is 3.13. The van der Waals surface area contributed by atoms with Crippen molar-refractivity contribution in [1.82, 2.24) is 0 Å². The van der Waals surface area contributed by atoms with Gasteiger partial charge >= 0.3 is 0 Å². The molecule has 0 saturated heterocycles. The summed E-state index contributed by atoms with van der Waals surface area (Å²) in [6.45, 7) is 2.18. The molecule has 0 aliphatic rings. The molecule has 0 saturated carbocycles. The average Bonchev–Trinajstić information content (AvgIpc) is 2.47. The molecule has 2 heteroatoms. The Morgan fingerprint density at radius 2 is 2.23 bits per heavy atom. The lowest BCUT2D eigenvalue weighted by Crippen LogP contribution is -1.84. The van der Waals surface area contributed by atoms with Crippen LogP contribution in [0.3, 0.4) is 0 Å². The molecule has 0 N–H and O–H groups in total. The van der Waals surface area contributed by atoms with Crippen molar-refractivity contribution in [3.63, 3.8) is 0 Å². The van der Waals surface area contributed by atoms with Crippen LogP contribution in [-0.2, 0) is 6.42 Å². The van der Waals surface area contributed by atoms with E-state index >= 15 is 0 Å². The van der Waals surface area contributed by atoms with Gasteiger partial charge in [-0.3, -0.25) is 0 Å². The van der Waals surface area contributed by atoms with Gasteiger partial charge in [0.15, 0.2) is 0 Å². The lowest BCUT2D eigenvalue weighted by molar-refractivity contribution is 1.21. The van der Waals surface area contributed by atoms with E-state index in [2.05, 4.69) is 53.8 Å². The fourth-order valence-electron chi connectivity index (χ4n) is 1.55. The molecule has 1 aromatic carbocycles. The summed E-state index contributed by atoms with van der Waals surface area (Å²) in [6.07, 6.45) is 1.19. The zero-order chi connectivity index (χ0) is 9.26. The van der Waals surface area contributed by atoms with Crippen molar-refractivity contribution >= 4 is 44.0 Å². The van der Waals surface area contributed by atoms with Crippen LogP contribution in [-0.4, -0.2) is 4.43 Å². The second kappa shape index (κ2) is 3.96. The van der Waals surface area contributed by atoms with Crippen molar-refractivity contribution in [3.8, 4) is 0 Å². The lowest BCUT2D eigenvalue weighted by atomic mass is 10.1. The normalized spacial score (nSPS) is 10.9. The van der Waals surface area contributed by atoms with E-state index in [1.807, 2.05) is 11.3 Å². The molecule has 2 aromatic rings. The van der Waals surface area contributed by atoms with E-state index < -0.39 is 0 Å². The average molecular weight is 302 g/mol. The highest BCUT2D eigenvalue weighted by molar-refractivity contribution is 14.1. The van der Waals surface area contributed by atoms with Gasteiger partial charge in [-0.2, -0.15) is 0 Å². The Kier molecular flexibility index (Phi) is 2.89. The highest BCUT2D eigenvalue weighted by Crippen LogP contribution is 2.28. The minimum Gasteiger partial charge on any atom is -0.140 e. The van der Waals surface area contributed by atoms with Crippen molar-refractivity contribution in [2.75, 3.05) is 4.43 Å². The summed E-state index contributed by atoms with van der Waals surface area (Å²) in [7, 11) is 0. The number of benzene rings is 1. The first kappa shape index (κ1) is 9.46. The largest absolute Gasteiger partial charge is 0.140 e.